The van der Waals surface area contributed by atoms with E-state index in [9.17, 15) is 5.11 Å². The molecule has 2 rings (SSSR count). The zero-order chi connectivity index (χ0) is 13.3. The quantitative estimate of drug-likeness (QED) is 0.833. The predicted molar refractivity (Wildman–Crippen MR) is 76.3 cm³/mol. The first-order valence-corrected chi connectivity index (χ1v) is 6.34. The zero-order valence-electron chi connectivity index (χ0n) is 11.5. The lowest BCUT2D eigenvalue weighted by Gasteiger charge is -2.13. The molecule has 18 heavy (non-hydrogen) atoms. The summed E-state index contributed by atoms with van der Waals surface area (Å²) in [4.78, 5) is 0. The monoisotopic (exact) mass is 240 g/mol. The van der Waals surface area contributed by atoms with E-state index in [0.717, 1.165) is 23.1 Å². The minimum atomic E-state index is 0.442. The minimum absolute atomic E-state index is 0.442. The first kappa shape index (κ1) is 12.7. The maximum Gasteiger partial charge on any atom is 0.122 e. The van der Waals surface area contributed by atoms with Gasteiger partial charge < -0.3 is 5.11 Å². The van der Waals surface area contributed by atoms with Gasteiger partial charge in [0.25, 0.3) is 0 Å². The van der Waals surface area contributed by atoms with Crippen LogP contribution in [0, 0.1) is 27.7 Å². The summed E-state index contributed by atoms with van der Waals surface area (Å²) < 4.78 is 0. The second-order valence-electron chi connectivity index (χ2n) is 5.06. The van der Waals surface area contributed by atoms with E-state index < -0.39 is 0 Å². The van der Waals surface area contributed by atoms with Crippen LogP contribution in [0.4, 0.5) is 0 Å². The largest absolute Gasteiger partial charge is 0.507 e. The molecule has 0 aromatic heterocycles. The Bertz CT molecular complexity index is 562. The minimum Gasteiger partial charge on any atom is -0.507 e. The van der Waals surface area contributed by atoms with Crippen molar-refractivity contribution < 1.29 is 5.11 Å². The number of phenols is 1. The number of phenolic OH excluding ortho intramolecular Hbond substituents is 1. The van der Waals surface area contributed by atoms with Gasteiger partial charge in [-0.1, -0.05) is 30.3 Å². The average Bonchev–Trinajstić information content (AvgIpc) is 2.34. The van der Waals surface area contributed by atoms with Crippen LogP contribution in [0.15, 0.2) is 30.3 Å². The van der Waals surface area contributed by atoms with E-state index in [1.807, 2.05) is 19.9 Å². The molecule has 0 radical (unpaired) electrons. The van der Waals surface area contributed by atoms with E-state index in [-0.39, 0.29) is 0 Å². The molecule has 0 amide bonds. The maximum absolute atomic E-state index is 10.2. The summed E-state index contributed by atoms with van der Waals surface area (Å²) in [5, 5.41) is 10.2. The lowest BCUT2D eigenvalue weighted by molar-refractivity contribution is 0.464. The molecule has 0 fully saturated rings. The Morgan fingerprint density at radius 1 is 0.833 bits per heavy atom. The van der Waals surface area contributed by atoms with Crippen LogP contribution in [0.25, 0.3) is 0 Å². The number of hydrogen-bond acceptors (Lipinski definition) is 1. The second-order valence-corrected chi connectivity index (χ2v) is 5.06. The van der Waals surface area contributed by atoms with Crippen LogP contribution in [0.3, 0.4) is 0 Å². The van der Waals surface area contributed by atoms with Gasteiger partial charge >= 0.3 is 0 Å². The van der Waals surface area contributed by atoms with Crippen molar-refractivity contribution in [2.24, 2.45) is 0 Å². The fourth-order valence-corrected chi connectivity index (χ4v) is 2.32. The summed E-state index contributed by atoms with van der Waals surface area (Å²) in [5.74, 6) is 0.442. The molecule has 94 valence electrons. The molecule has 2 aromatic rings. The molecule has 0 aliphatic heterocycles. The molecule has 1 N–H and O–H groups in total. The van der Waals surface area contributed by atoms with Crippen molar-refractivity contribution >= 4 is 0 Å². The van der Waals surface area contributed by atoms with Gasteiger partial charge in [-0.25, -0.2) is 0 Å². The van der Waals surface area contributed by atoms with Crippen molar-refractivity contribution in [3.8, 4) is 5.75 Å². The molecule has 0 aliphatic rings. The number of benzene rings is 2. The molecule has 0 aliphatic carbocycles. The number of aryl methyl sites for hydroxylation is 3. The highest BCUT2D eigenvalue weighted by molar-refractivity contribution is 5.48. The normalized spacial score (nSPS) is 10.7. The number of aromatic hydroxyl groups is 1. The summed E-state index contributed by atoms with van der Waals surface area (Å²) in [6.07, 6.45) is 0.797. The number of hydrogen-bond donors (Lipinski definition) is 1. The van der Waals surface area contributed by atoms with Gasteiger partial charge in [0.15, 0.2) is 0 Å². The van der Waals surface area contributed by atoms with Crippen molar-refractivity contribution in [2.45, 2.75) is 34.1 Å². The van der Waals surface area contributed by atoms with Crippen LogP contribution in [0.1, 0.15) is 33.4 Å². The van der Waals surface area contributed by atoms with Crippen molar-refractivity contribution in [3.63, 3.8) is 0 Å². The van der Waals surface area contributed by atoms with Crippen LogP contribution < -0.4 is 0 Å². The summed E-state index contributed by atoms with van der Waals surface area (Å²) in [6, 6.07) is 10.4. The summed E-state index contributed by atoms with van der Waals surface area (Å²) in [5.41, 5.74) is 7.02. The zero-order valence-corrected chi connectivity index (χ0v) is 11.5. The van der Waals surface area contributed by atoms with Gasteiger partial charge in [0.05, 0.1) is 0 Å². The first-order chi connectivity index (χ1) is 8.50. The van der Waals surface area contributed by atoms with Gasteiger partial charge in [0.1, 0.15) is 5.75 Å². The highest BCUT2D eigenvalue weighted by Crippen LogP contribution is 2.28. The fraction of sp³-hybridized carbons (Fsp3) is 0.294. The van der Waals surface area contributed by atoms with Crippen LogP contribution in [-0.2, 0) is 6.42 Å². The van der Waals surface area contributed by atoms with E-state index in [4.69, 9.17) is 0 Å². The molecule has 0 saturated heterocycles. The molecular formula is C17H20O. The van der Waals surface area contributed by atoms with Crippen molar-refractivity contribution in [1.82, 2.24) is 0 Å². The van der Waals surface area contributed by atoms with Crippen molar-refractivity contribution in [3.05, 3.63) is 63.7 Å². The third-order valence-electron chi connectivity index (χ3n) is 3.80. The maximum atomic E-state index is 10.2. The molecule has 0 bridgehead atoms. The molecular weight excluding hydrogens is 220 g/mol. The van der Waals surface area contributed by atoms with Gasteiger partial charge in [0.2, 0.25) is 0 Å². The van der Waals surface area contributed by atoms with Gasteiger partial charge in [-0.3, -0.25) is 0 Å². The molecule has 0 heterocycles. The summed E-state index contributed by atoms with van der Waals surface area (Å²) >= 11 is 0. The third-order valence-corrected chi connectivity index (χ3v) is 3.80. The molecule has 2 aromatic carbocycles. The van der Waals surface area contributed by atoms with Gasteiger partial charge in [0, 0.05) is 6.42 Å². The lowest BCUT2D eigenvalue weighted by Crippen LogP contribution is -1.97. The molecule has 0 spiro atoms. The van der Waals surface area contributed by atoms with Gasteiger partial charge in [-0.2, -0.15) is 0 Å². The SMILES string of the molecule is Cc1ccc(Cc2c(C)cccc2C)c(O)c1C. The molecule has 1 nitrogen and oxygen atoms in total. The number of rotatable bonds is 2. The Morgan fingerprint density at radius 2 is 1.44 bits per heavy atom. The summed E-state index contributed by atoms with van der Waals surface area (Å²) in [7, 11) is 0. The van der Waals surface area contributed by atoms with E-state index in [1.165, 1.54) is 16.7 Å². The molecule has 0 atom stereocenters. The van der Waals surface area contributed by atoms with Gasteiger partial charge in [-0.05, 0) is 61.1 Å². The van der Waals surface area contributed by atoms with E-state index in [2.05, 4.69) is 38.1 Å². The van der Waals surface area contributed by atoms with E-state index >= 15 is 0 Å². The van der Waals surface area contributed by atoms with Crippen molar-refractivity contribution in [2.75, 3.05) is 0 Å². The topological polar surface area (TPSA) is 20.2 Å². The molecule has 1 heteroatoms. The Balaban J connectivity index is 2.44. The van der Waals surface area contributed by atoms with E-state index in [1.54, 1.807) is 0 Å². The Hall–Kier alpha value is -1.76. The lowest BCUT2D eigenvalue weighted by atomic mass is 9.94. The van der Waals surface area contributed by atoms with E-state index in [0.29, 0.717) is 5.75 Å². The van der Waals surface area contributed by atoms with Crippen LogP contribution >= 0.6 is 0 Å². The standard InChI is InChI=1S/C17H20O/c1-11-8-9-15(17(18)14(11)4)10-16-12(2)6-5-7-13(16)3/h5-9,18H,10H2,1-4H3. The van der Waals surface area contributed by atoms with Gasteiger partial charge in [-0.15, -0.1) is 0 Å². The molecule has 0 saturated carbocycles. The Labute approximate surface area is 109 Å². The van der Waals surface area contributed by atoms with Crippen LogP contribution in [-0.4, -0.2) is 5.11 Å². The third kappa shape index (κ3) is 2.26. The Morgan fingerprint density at radius 3 is 2.06 bits per heavy atom. The predicted octanol–water partition coefficient (Wildman–Crippen LogP) is 4.22. The smallest absolute Gasteiger partial charge is 0.122 e. The van der Waals surface area contributed by atoms with Crippen LogP contribution in [0.2, 0.25) is 0 Å². The fourth-order valence-electron chi connectivity index (χ4n) is 2.32. The molecule has 0 unspecified atom stereocenters. The first-order valence-electron chi connectivity index (χ1n) is 6.34. The summed E-state index contributed by atoms with van der Waals surface area (Å²) in [6.45, 7) is 8.25. The Kier molecular flexibility index (Phi) is 3.42. The average molecular weight is 240 g/mol. The van der Waals surface area contributed by atoms with Crippen LogP contribution in [0.5, 0.6) is 5.75 Å². The highest BCUT2D eigenvalue weighted by atomic mass is 16.3. The highest BCUT2D eigenvalue weighted by Gasteiger charge is 2.10. The second kappa shape index (κ2) is 4.85. The van der Waals surface area contributed by atoms with Crippen molar-refractivity contribution in [1.29, 1.82) is 0 Å².